The summed E-state index contributed by atoms with van der Waals surface area (Å²) in [6, 6.07) is 11.9. The van der Waals surface area contributed by atoms with Gasteiger partial charge in [-0.15, -0.1) is 0 Å². The fourth-order valence-corrected chi connectivity index (χ4v) is 4.29. The molecular formula is C26H31N3O8. The number of rotatable bonds is 8. The van der Waals surface area contributed by atoms with Gasteiger partial charge in [0.2, 0.25) is 12.2 Å². The zero-order chi connectivity index (χ0) is 26.7. The van der Waals surface area contributed by atoms with Crippen molar-refractivity contribution >= 4 is 23.2 Å². The Morgan fingerprint density at radius 3 is 2.49 bits per heavy atom. The molecule has 2 aliphatic heterocycles. The smallest absolute Gasteiger partial charge is 0.281 e. The molecule has 4 rings (SSSR count). The first-order chi connectivity index (χ1) is 17.7. The summed E-state index contributed by atoms with van der Waals surface area (Å²) in [6.07, 6.45) is -5.50. The zero-order valence-electron chi connectivity index (χ0n) is 20.8. The van der Waals surface area contributed by atoms with Crippen molar-refractivity contribution in [3.8, 4) is 5.75 Å². The normalized spacial score (nSPS) is 26.2. The fraction of sp³-hybridized carbons (Fsp3) is 0.423. The number of hydrogen-bond acceptors (Lipinski definition) is 9. The Morgan fingerprint density at radius 1 is 1.11 bits per heavy atom. The Labute approximate surface area is 214 Å². The second kappa shape index (κ2) is 11.3. The second-order valence-electron chi connectivity index (χ2n) is 9.12. The molecule has 0 radical (unpaired) electrons. The van der Waals surface area contributed by atoms with Crippen LogP contribution in [0.3, 0.4) is 0 Å². The highest BCUT2D eigenvalue weighted by molar-refractivity contribution is 6.54. The number of carbonyl (C=O) groups excluding carboxylic acids is 2. The van der Waals surface area contributed by atoms with E-state index >= 15 is 0 Å². The Balaban J connectivity index is 1.54. The van der Waals surface area contributed by atoms with Gasteiger partial charge in [0, 0.05) is 12.5 Å². The molecule has 2 heterocycles. The lowest BCUT2D eigenvalue weighted by molar-refractivity contribution is -0.270. The standard InChI is InChI=1S/C26H31N3O8/c1-14-4-7-17(8-5-14)35-11-10-29-19-9-6-15(2)12-18(19)21(25(29)34)28-37-26-22(27-16(3)31)24(33)23(32)20(13-30)36-26/h4-9,12,20,22-24,26,30,32-33H,10-11,13H2,1-3H3,(H,27,31)/b28-21+. The molecule has 0 saturated carbocycles. The molecule has 198 valence electrons. The Bertz CT molecular complexity index is 1170. The predicted molar refractivity (Wildman–Crippen MR) is 133 cm³/mol. The number of ether oxygens (including phenoxy) is 2. The molecule has 0 aromatic heterocycles. The summed E-state index contributed by atoms with van der Waals surface area (Å²) in [6.45, 7) is 5.00. The van der Waals surface area contributed by atoms with Crippen molar-refractivity contribution in [3.05, 3.63) is 59.2 Å². The van der Waals surface area contributed by atoms with Crippen LogP contribution < -0.4 is 15.0 Å². The molecule has 2 aromatic rings. The second-order valence-corrected chi connectivity index (χ2v) is 9.12. The molecule has 0 bridgehead atoms. The third-order valence-electron chi connectivity index (χ3n) is 6.25. The molecule has 1 fully saturated rings. The topological polar surface area (TPSA) is 150 Å². The van der Waals surface area contributed by atoms with Gasteiger partial charge < -0.3 is 39.8 Å². The van der Waals surface area contributed by atoms with Crippen LogP contribution in [0.15, 0.2) is 47.6 Å². The van der Waals surface area contributed by atoms with E-state index in [4.69, 9.17) is 14.3 Å². The van der Waals surface area contributed by atoms with Crippen LogP contribution >= 0.6 is 0 Å². The van der Waals surface area contributed by atoms with Crippen LogP contribution in [-0.2, 0) is 19.2 Å². The van der Waals surface area contributed by atoms with Gasteiger partial charge in [-0.1, -0.05) is 34.5 Å². The van der Waals surface area contributed by atoms with E-state index in [0.29, 0.717) is 17.0 Å². The van der Waals surface area contributed by atoms with Crippen molar-refractivity contribution in [1.29, 1.82) is 0 Å². The number of aliphatic hydroxyl groups excluding tert-OH is 3. The minimum absolute atomic E-state index is 0.0142. The highest BCUT2D eigenvalue weighted by atomic mass is 16.8. The SMILES string of the molecule is CC(=O)NC1C(O/N=C2/C(=O)N(CCOc3ccc(C)cc3)c3ccc(C)cc32)OC(CO)C(O)C1O. The first-order valence-corrected chi connectivity index (χ1v) is 12.0. The number of oxime groups is 1. The number of aliphatic hydroxyl groups is 3. The van der Waals surface area contributed by atoms with E-state index in [0.717, 1.165) is 11.1 Å². The van der Waals surface area contributed by atoms with E-state index in [-0.39, 0.29) is 18.9 Å². The van der Waals surface area contributed by atoms with Gasteiger partial charge in [-0.05, 0) is 38.1 Å². The number of benzene rings is 2. The van der Waals surface area contributed by atoms with Crippen LogP contribution in [0.1, 0.15) is 23.6 Å². The molecular weight excluding hydrogens is 482 g/mol. The monoisotopic (exact) mass is 513 g/mol. The molecule has 11 heteroatoms. The average Bonchev–Trinajstić information content (AvgIpc) is 3.12. The molecule has 11 nitrogen and oxygen atoms in total. The first kappa shape index (κ1) is 26.6. The minimum Gasteiger partial charge on any atom is -0.492 e. The number of nitrogens with one attached hydrogen (secondary N) is 1. The highest BCUT2D eigenvalue weighted by Crippen LogP contribution is 2.31. The largest absolute Gasteiger partial charge is 0.492 e. The Hall–Kier alpha value is -3.51. The molecule has 5 atom stereocenters. The Morgan fingerprint density at radius 2 is 1.81 bits per heavy atom. The van der Waals surface area contributed by atoms with Gasteiger partial charge in [0.25, 0.3) is 5.91 Å². The lowest BCUT2D eigenvalue weighted by Crippen LogP contribution is -2.64. The third kappa shape index (κ3) is 5.75. The summed E-state index contributed by atoms with van der Waals surface area (Å²) in [7, 11) is 0. The van der Waals surface area contributed by atoms with Gasteiger partial charge in [0.05, 0.1) is 18.8 Å². The summed E-state index contributed by atoms with van der Waals surface area (Å²) in [5, 5.41) is 36.7. The molecule has 2 aliphatic rings. The van der Waals surface area contributed by atoms with E-state index in [2.05, 4.69) is 10.5 Å². The van der Waals surface area contributed by atoms with Gasteiger partial charge in [0.1, 0.15) is 36.7 Å². The molecule has 2 aromatic carbocycles. The lowest BCUT2D eigenvalue weighted by atomic mass is 9.97. The van der Waals surface area contributed by atoms with Crippen molar-refractivity contribution in [3.63, 3.8) is 0 Å². The number of aryl methyl sites for hydroxylation is 2. The summed E-state index contributed by atoms with van der Waals surface area (Å²) in [5.74, 6) is -0.225. The molecule has 1 saturated heterocycles. The summed E-state index contributed by atoms with van der Waals surface area (Å²) < 4.78 is 11.3. The van der Waals surface area contributed by atoms with Crippen molar-refractivity contribution in [2.45, 2.75) is 51.4 Å². The van der Waals surface area contributed by atoms with E-state index in [9.17, 15) is 24.9 Å². The minimum atomic E-state index is -1.50. The van der Waals surface area contributed by atoms with Crippen LogP contribution in [0.2, 0.25) is 0 Å². The van der Waals surface area contributed by atoms with Gasteiger partial charge in [-0.25, -0.2) is 0 Å². The molecule has 5 unspecified atom stereocenters. The predicted octanol–water partition coefficient (Wildman–Crippen LogP) is 0.393. The van der Waals surface area contributed by atoms with E-state index in [1.807, 2.05) is 50.2 Å². The molecule has 2 amide bonds. The summed E-state index contributed by atoms with van der Waals surface area (Å²) in [5.41, 5.74) is 3.21. The third-order valence-corrected chi connectivity index (χ3v) is 6.25. The van der Waals surface area contributed by atoms with Crippen LogP contribution in [0.25, 0.3) is 0 Å². The summed E-state index contributed by atoms with van der Waals surface area (Å²) >= 11 is 0. The highest BCUT2D eigenvalue weighted by Gasteiger charge is 2.46. The molecule has 37 heavy (non-hydrogen) atoms. The van der Waals surface area contributed by atoms with E-state index in [1.165, 1.54) is 11.8 Å². The maximum absolute atomic E-state index is 13.3. The Kier molecular flexibility index (Phi) is 8.08. The first-order valence-electron chi connectivity index (χ1n) is 12.0. The van der Waals surface area contributed by atoms with Crippen molar-refractivity contribution < 1.29 is 39.2 Å². The van der Waals surface area contributed by atoms with Gasteiger partial charge >= 0.3 is 0 Å². The van der Waals surface area contributed by atoms with Crippen LogP contribution in [-0.4, -0.2) is 83.2 Å². The van der Waals surface area contributed by atoms with Gasteiger partial charge in [-0.3, -0.25) is 9.59 Å². The molecule has 0 spiro atoms. The van der Waals surface area contributed by atoms with E-state index < -0.39 is 49.1 Å². The van der Waals surface area contributed by atoms with Crippen LogP contribution in [0.5, 0.6) is 5.75 Å². The van der Waals surface area contributed by atoms with Gasteiger partial charge in [0.15, 0.2) is 5.71 Å². The average molecular weight is 514 g/mol. The fourth-order valence-electron chi connectivity index (χ4n) is 4.29. The van der Waals surface area contributed by atoms with Crippen LogP contribution in [0.4, 0.5) is 5.69 Å². The van der Waals surface area contributed by atoms with Crippen LogP contribution in [0, 0.1) is 13.8 Å². The number of fused-ring (bicyclic) bond motifs is 1. The number of nitrogens with zero attached hydrogens (tertiary/aromatic N) is 2. The van der Waals surface area contributed by atoms with E-state index in [1.54, 1.807) is 6.07 Å². The maximum Gasteiger partial charge on any atom is 0.281 e. The number of anilines is 1. The van der Waals surface area contributed by atoms with Gasteiger partial charge in [-0.2, -0.15) is 0 Å². The number of hydrogen-bond donors (Lipinski definition) is 4. The van der Waals surface area contributed by atoms with Crippen molar-refractivity contribution in [2.75, 3.05) is 24.7 Å². The zero-order valence-corrected chi connectivity index (χ0v) is 20.8. The summed E-state index contributed by atoms with van der Waals surface area (Å²) in [4.78, 5) is 32.1. The molecule has 0 aliphatic carbocycles. The van der Waals surface area contributed by atoms with Crippen molar-refractivity contribution in [2.24, 2.45) is 5.16 Å². The number of amides is 2. The quantitative estimate of drug-likeness (QED) is 0.371. The van der Waals surface area contributed by atoms with Crippen molar-refractivity contribution in [1.82, 2.24) is 5.32 Å². The lowest BCUT2D eigenvalue weighted by Gasteiger charge is -2.40. The molecule has 4 N–H and O–H groups in total. The maximum atomic E-state index is 13.3. The number of carbonyl (C=O) groups is 2.